The molecule has 4 heterocycles. The van der Waals surface area contributed by atoms with E-state index in [1.807, 2.05) is 17.9 Å². The second-order valence-electron chi connectivity index (χ2n) is 11.0. The van der Waals surface area contributed by atoms with E-state index < -0.39 is 5.60 Å². The van der Waals surface area contributed by atoms with Crippen LogP contribution in [0.5, 0.6) is 0 Å². The molecule has 3 aromatic heterocycles. The van der Waals surface area contributed by atoms with Crippen molar-refractivity contribution >= 4 is 22.8 Å². The van der Waals surface area contributed by atoms with Crippen LogP contribution in [0.15, 0.2) is 52.2 Å². The maximum Gasteiger partial charge on any atom is 0.264 e. The summed E-state index contributed by atoms with van der Waals surface area (Å²) in [6, 6.07) is 7.91. The van der Waals surface area contributed by atoms with Crippen LogP contribution in [0.2, 0.25) is 0 Å². The lowest BCUT2D eigenvalue weighted by Crippen LogP contribution is -2.51. The van der Waals surface area contributed by atoms with Gasteiger partial charge in [-0.1, -0.05) is 5.16 Å². The molecule has 2 aliphatic rings. The number of hydrogen-bond acceptors (Lipinski definition) is 8. The molecule has 1 aliphatic heterocycles. The van der Waals surface area contributed by atoms with Gasteiger partial charge >= 0.3 is 0 Å². The van der Waals surface area contributed by atoms with E-state index in [4.69, 9.17) is 4.52 Å². The molecule has 40 heavy (non-hydrogen) atoms. The third-order valence-corrected chi connectivity index (χ3v) is 8.15. The smallest absolute Gasteiger partial charge is 0.264 e. The highest BCUT2D eigenvalue weighted by Crippen LogP contribution is 2.31. The molecule has 0 unspecified atom stereocenters. The zero-order valence-electron chi connectivity index (χ0n) is 22.3. The minimum Gasteiger partial charge on any atom is -0.388 e. The number of carbonyl (C=O) groups excluding carboxylic acids is 1. The Morgan fingerprint density at radius 2 is 1.90 bits per heavy atom. The fourth-order valence-corrected chi connectivity index (χ4v) is 5.84. The monoisotopic (exact) mass is 549 g/mol. The fourth-order valence-electron chi connectivity index (χ4n) is 5.84. The summed E-state index contributed by atoms with van der Waals surface area (Å²) in [6.07, 6.45) is 6.98. The third kappa shape index (κ3) is 5.23. The summed E-state index contributed by atoms with van der Waals surface area (Å²) in [5.41, 5.74) is -0.482. The highest BCUT2D eigenvalue weighted by molar-refractivity contribution is 5.79. The van der Waals surface area contributed by atoms with Crippen molar-refractivity contribution in [2.45, 2.75) is 63.6 Å². The van der Waals surface area contributed by atoms with Crippen molar-refractivity contribution in [2.75, 3.05) is 18.4 Å². The molecule has 0 bridgehead atoms. The quantitative estimate of drug-likeness (QED) is 0.375. The Balaban J connectivity index is 1.05. The number of piperidine rings is 1. The van der Waals surface area contributed by atoms with Gasteiger partial charge in [-0.05, 0) is 69.7 Å². The van der Waals surface area contributed by atoms with Gasteiger partial charge < -0.3 is 19.8 Å². The molecule has 4 aromatic rings. The topological polar surface area (TPSA) is 131 Å². The van der Waals surface area contributed by atoms with E-state index in [0.717, 1.165) is 37.3 Å². The lowest BCUT2D eigenvalue weighted by atomic mass is 9.84. The number of likely N-dealkylation sites (tertiary alicyclic amines) is 1. The number of hydrogen-bond donors (Lipinski definition) is 2. The van der Waals surface area contributed by atoms with Gasteiger partial charge in [-0.15, -0.1) is 0 Å². The summed E-state index contributed by atoms with van der Waals surface area (Å²) >= 11 is 0. The molecule has 1 saturated heterocycles. The zero-order valence-corrected chi connectivity index (χ0v) is 22.3. The van der Waals surface area contributed by atoms with E-state index in [2.05, 4.69) is 20.6 Å². The molecule has 1 saturated carbocycles. The van der Waals surface area contributed by atoms with E-state index in [9.17, 15) is 19.1 Å². The maximum absolute atomic E-state index is 13.3. The SMILES string of the molecule is Cc1cc(NC2CCC(C(=O)N3CCC(O)(Cn4cnc5c(cnn5-c5ccc(F)cc5)c4=O)CC3)CC2)no1. The van der Waals surface area contributed by atoms with Crippen LogP contribution in [-0.2, 0) is 11.3 Å². The van der Waals surface area contributed by atoms with Crippen LogP contribution >= 0.6 is 0 Å². The molecule has 2 N–H and O–H groups in total. The number of aryl methyl sites for hydroxylation is 1. The van der Waals surface area contributed by atoms with E-state index in [1.165, 1.54) is 33.9 Å². The summed E-state index contributed by atoms with van der Waals surface area (Å²) in [5.74, 6) is 1.26. The number of carbonyl (C=O) groups is 1. The number of nitrogens with one attached hydrogen (secondary N) is 1. The molecular weight excluding hydrogens is 517 g/mol. The van der Waals surface area contributed by atoms with Crippen molar-refractivity contribution in [2.24, 2.45) is 5.92 Å². The van der Waals surface area contributed by atoms with Crippen molar-refractivity contribution in [3.63, 3.8) is 0 Å². The molecule has 12 heteroatoms. The average Bonchev–Trinajstić information content (AvgIpc) is 3.57. The Kier molecular flexibility index (Phi) is 6.87. The first-order chi connectivity index (χ1) is 19.3. The second-order valence-corrected chi connectivity index (χ2v) is 11.0. The Bertz CT molecular complexity index is 1560. The summed E-state index contributed by atoms with van der Waals surface area (Å²) in [4.78, 5) is 32.7. The van der Waals surface area contributed by atoms with Crippen LogP contribution in [0.4, 0.5) is 10.2 Å². The van der Waals surface area contributed by atoms with Gasteiger partial charge in [0.25, 0.3) is 5.56 Å². The van der Waals surface area contributed by atoms with Crippen molar-refractivity contribution in [1.29, 1.82) is 0 Å². The van der Waals surface area contributed by atoms with Crippen molar-refractivity contribution in [3.05, 3.63) is 64.8 Å². The molecule has 1 aromatic carbocycles. The molecule has 6 rings (SSSR count). The van der Waals surface area contributed by atoms with Crippen molar-refractivity contribution < 1.29 is 18.8 Å². The Morgan fingerprint density at radius 1 is 1.18 bits per heavy atom. The van der Waals surface area contributed by atoms with E-state index in [-0.39, 0.29) is 35.8 Å². The summed E-state index contributed by atoms with van der Waals surface area (Å²) in [5, 5.41) is 23.3. The highest BCUT2D eigenvalue weighted by Gasteiger charge is 2.37. The van der Waals surface area contributed by atoms with Gasteiger partial charge in [-0.25, -0.2) is 14.1 Å². The standard InChI is InChI=1S/C28H32FN7O4/c1-18-14-24(33-40-18)32-21-6-2-19(3-7-21)26(37)34-12-10-28(39,11-13-34)16-35-17-30-25-23(27(35)38)15-31-36(25)22-8-4-20(29)5-9-22/h4-5,8-9,14-15,17,19,21,39H,2-3,6-7,10-13,16H2,1H3,(H,32,33). The number of aromatic nitrogens is 5. The van der Waals surface area contributed by atoms with Gasteiger partial charge in [-0.3, -0.25) is 14.2 Å². The van der Waals surface area contributed by atoms with Gasteiger partial charge in [0.15, 0.2) is 11.5 Å². The number of nitrogens with zero attached hydrogens (tertiary/aromatic N) is 6. The average molecular weight is 550 g/mol. The Morgan fingerprint density at radius 3 is 2.58 bits per heavy atom. The molecule has 0 radical (unpaired) electrons. The van der Waals surface area contributed by atoms with Crippen LogP contribution in [0.25, 0.3) is 16.7 Å². The predicted molar refractivity (Wildman–Crippen MR) is 144 cm³/mol. The first-order valence-corrected chi connectivity index (χ1v) is 13.7. The van der Waals surface area contributed by atoms with Crippen LogP contribution in [0.1, 0.15) is 44.3 Å². The number of rotatable bonds is 6. The molecule has 210 valence electrons. The predicted octanol–water partition coefficient (Wildman–Crippen LogP) is 3.04. The molecule has 11 nitrogen and oxygen atoms in total. The Labute approximate surface area is 229 Å². The number of benzene rings is 1. The second kappa shape index (κ2) is 10.5. The molecule has 0 spiro atoms. The van der Waals surface area contributed by atoms with E-state index >= 15 is 0 Å². The lowest BCUT2D eigenvalue weighted by molar-refractivity contribution is -0.141. The lowest BCUT2D eigenvalue weighted by Gasteiger charge is -2.40. The number of halogens is 1. The van der Waals surface area contributed by atoms with Gasteiger partial charge in [0, 0.05) is 31.1 Å². The van der Waals surface area contributed by atoms with Crippen LogP contribution in [0.3, 0.4) is 0 Å². The number of anilines is 1. The van der Waals surface area contributed by atoms with Gasteiger partial charge in [-0.2, -0.15) is 5.10 Å². The fraction of sp³-hybridized carbons (Fsp3) is 0.464. The number of amides is 1. The minimum atomic E-state index is -1.12. The number of fused-ring (bicyclic) bond motifs is 1. The normalized spacial score (nSPS) is 21.0. The Hall–Kier alpha value is -4.06. The van der Waals surface area contributed by atoms with Crippen molar-refractivity contribution in [1.82, 2.24) is 29.4 Å². The zero-order chi connectivity index (χ0) is 27.9. The van der Waals surface area contributed by atoms with E-state index in [0.29, 0.717) is 42.7 Å². The maximum atomic E-state index is 13.3. The first-order valence-electron chi connectivity index (χ1n) is 13.7. The highest BCUT2D eigenvalue weighted by atomic mass is 19.1. The van der Waals surface area contributed by atoms with Crippen molar-refractivity contribution in [3.8, 4) is 5.69 Å². The van der Waals surface area contributed by atoms with Crippen LogP contribution in [0, 0.1) is 18.7 Å². The molecule has 0 atom stereocenters. The molecule has 2 fully saturated rings. The summed E-state index contributed by atoms with van der Waals surface area (Å²) in [6.45, 7) is 2.82. The van der Waals surface area contributed by atoms with E-state index in [1.54, 1.807) is 12.1 Å². The molecule has 1 amide bonds. The minimum absolute atomic E-state index is 0.0184. The number of aliphatic hydroxyl groups is 1. The summed E-state index contributed by atoms with van der Waals surface area (Å²) < 4.78 is 21.3. The summed E-state index contributed by atoms with van der Waals surface area (Å²) in [7, 11) is 0. The third-order valence-electron chi connectivity index (χ3n) is 8.15. The first kappa shape index (κ1) is 26.2. The molecular formula is C28H32FN7O4. The van der Waals surface area contributed by atoms with Gasteiger partial charge in [0.2, 0.25) is 5.91 Å². The van der Waals surface area contributed by atoms with Gasteiger partial charge in [0.05, 0.1) is 24.0 Å². The molecule has 1 aliphatic carbocycles. The van der Waals surface area contributed by atoms with Gasteiger partial charge in [0.1, 0.15) is 23.3 Å². The largest absolute Gasteiger partial charge is 0.388 e. The van der Waals surface area contributed by atoms with Crippen LogP contribution < -0.4 is 10.9 Å². The van der Waals surface area contributed by atoms with Crippen LogP contribution in [-0.4, -0.2) is 65.1 Å².